The summed E-state index contributed by atoms with van der Waals surface area (Å²) in [4.78, 5) is 27.0. The molecule has 1 amide bonds. The molecule has 1 aliphatic heterocycles. The molecule has 2 aromatic heterocycles. The molecular weight excluding hydrogens is 334 g/mol. The molecule has 0 spiro atoms. The molecule has 1 aliphatic rings. The van der Waals surface area contributed by atoms with Crippen LogP contribution in [-0.2, 0) is 11.3 Å². The summed E-state index contributed by atoms with van der Waals surface area (Å²) in [6, 6.07) is 7.78. The van der Waals surface area contributed by atoms with E-state index in [1.807, 2.05) is 33.7 Å². The summed E-state index contributed by atoms with van der Waals surface area (Å²) >= 11 is 0. The van der Waals surface area contributed by atoms with Crippen LogP contribution in [-0.4, -0.2) is 56.6 Å². The van der Waals surface area contributed by atoms with Gasteiger partial charge in [0.05, 0.1) is 31.0 Å². The lowest BCUT2D eigenvalue weighted by molar-refractivity contribution is -0.131. The van der Waals surface area contributed by atoms with Gasteiger partial charge in [0.25, 0.3) is 11.8 Å². The highest BCUT2D eigenvalue weighted by Crippen LogP contribution is 2.24. The lowest BCUT2D eigenvalue weighted by Crippen LogP contribution is -2.33. The molecule has 0 radical (unpaired) electrons. The van der Waals surface area contributed by atoms with Gasteiger partial charge in [-0.15, -0.1) is 0 Å². The molecule has 3 aromatic rings. The number of fused-ring (bicyclic) bond motifs is 1. The van der Waals surface area contributed by atoms with E-state index in [9.17, 15) is 4.79 Å². The fraction of sp³-hybridized carbons (Fsp3) is 0.333. The third-order valence-corrected chi connectivity index (χ3v) is 4.44. The third-order valence-electron chi connectivity index (χ3n) is 4.44. The number of ether oxygens (including phenoxy) is 2. The first-order valence-electron chi connectivity index (χ1n) is 8.44. The van der Waals surface area contributed by atoms with Crippen LogP contribution in [0, 0.1) is 0 Å². The molecule has 0 unspecified atom stereocenters. The summed E-state index contributed by atoms with van der Waals surface area (Å²) in [5, 5.41) is 0. The maximum absolute atomic E-state index is 12.6. The van der Waals surface area contributed by atoms with Gasteiger partial charge in [0.2, 0.25) is 5.91 Å². The van der Waals surface area contributed by atoms with E-state index in [0.29, 0.717) is 24.8 Å². The maximum Gasteiger partial charge on any atom is 0.278 e. The van der Waals surface area contributed by atoms with Crippen LogP contribution >= 0.6 is 0 Å². The van der Waals surface area contributed by atoms with Gasteiger partial charge in [-0.1, -0.05) is 12.1 Å². The van der Waals surface area contributed by atoms with Crippen molar-refractivity contribution in [1.82, 2.24) is 24.4 Å². The second-order valence-corrected chi connectivity index (χ2v) is 6.10. The van der Waals surface area contributed by atoms with Crippen LogP contribution in [0.5, 0.6) is 11.8 Å². The number of benzene rings is 1. The van der Waals surface area contributed by atoms with Crippen molar-refractivity contribution in [3.05, 3.63) is 43.0 Å². The molecule has 1 aromatic carbocycles. The fourth-order valence-corrected chi connectivity index (χ4v) is 3.12. The molecule has 8 heteroatoms. The Morgan fingerprint density at radius 1 is 1.19 bits per heavy atom. The molecule has 1 atom stereocenters. The number of hydrogen-bond acceptors (Lipinski definition) is 6. The Morgan fingerprint density at radius 3 is 2.85 bits per heavy atom. The minimum atomic E-state index is -0.121. The summed E-state index contributed by atoms with van der Waals surface area (Å²) in [5.41, 5.74) is 1.84. The van der Waals surface area contributed by atoms with Crippen molar-refractivity contribution < 1.29 is 14.3 Å². The highest BCUT2D eigenvalue weighted by atomic mass is 16.5. The predicted octanol–water partition coefficient (Wildman–Crippen LogP) is 1.51. The first-order valence-corrected chi connectivity index (χ1v) is 8.44. The Labute approximate surface area is 150 Å². The summed E-state index contributed by atoms with van der Waals surface area (Å²) < 4.78 is 12.9. The summed E-state index contributed by atoms with van der Waals surface area (Å²) in [5.74, 6) is 0.752. The molecule has 0 bridgehead atoms. The summed E-state index contributed by atoms with van der Waals surface area (Å²) in [7, 11) is 1.52. The van der Waals surface area contributed by atoms with E-state index < -0.39 is 0 Å². The number of nitrogens with zero attached hydrogens (tertiary/aromatic N) is 5. The molecule has 1 fully saturated rings. The Kier molecular flexibility index (Phi) is 4.39. The number of aromatic nitrogens is 4. The van der Waals surface area contributed by atoms with Crippen molar-refractivity contribution in [2.75, 3.05) is 20.2 Å². The molecular formula is C18H19N5O3. The number of carbonyl (C=O) groups excluding carboxylic acids is 1. The minimum Gasteiger partial charge on any atom is -0.477 e. The number of likely N-dealkylation sites (tertiary alicyclic amines) is 1. The van der Waals surface area contributed by atoms with Gasteiger partial charge >= 0.3 is 0 Å². The van der Waals surface area contributed by atoms with Crippen LogP contribution in [0.3, 0.4) is 0 Å². The molecule has 26 heavy (non-hydrogen) atoms. The van der Waals surface area contributed by atoms with Gasteiger partial charge in [0.1, 0.15) is 12.6 Å². The fourth-order valence-electron chi connectivity index (χ4n) is 3.12. The number of para-hydroxylation sites is 2. The molecule has 134 valence electrons. The molecule has 0 aliphatic carbocycles. The number of rotatable bonds is 5. The molecule has 8 nitrogen and oxygen atoms in total. The van der Waals surface area contributed by atoms with Crippen LogP contribution in [0.1, 0.15) is 6.42 Å². The first-order chi connectivity index (χ1) is 12.7. The molecule has 1 saturated heterocycles. The van der Waals surface area contributed by atoms with Crippen LogP contribution < -0.4 is 9.47 Å². The van der Waals surface area contributed by atoms with Crippen molar-refractivity contribution in [3.63, 3.8) is 0 Å². The Bertz CT molecular complexity index is 926. The van der Waals surface area contributed by atoms with Crippen LogP contribution in [0.4, 0.5) is 0 Å². The van der Waals surface area contributed by atoms with E-state index in [2.05, 4.69) is 15.0 Å². The Morgan fingerprint density at radius 2 is 2.00 bits per heavy atom. The predicted molar refractivity (Wildman–Crippen MR) is 93.9 cm³/mol. The van der Waals surface area contributed by atoms with E-state index in [0.717, 1.165) is 17.5 Å². The van der Waals surface area contributed by atoms with Crippen LogP contribution in [0.15, 0.2) is 43.0 Å². The number of imidazole rings is 1. The standard InChI is InChI=1S/C18H19N5O3/c1-25-17-18(20-8-7-19-17)26-13-6-9-22(10-13)16(24)11-23-12-21-14-4-2-3-5-15(14)23/h2-5,7-8,12-13H,6,9-11H2,1H3/t13-/m0/s1. The van der Waals surface area contributed by atoms with E-state index in [-0.39, 0.29) is 18.6 Å². The zero-order valence-corrected chi connectivity index (χ0v) is 14.4. The normalized spacial score (nSPS) is 16.8. The SMILES string of the molecule is COc1nccnc1O[C@H]1CCN(C(=O)Cn2cnc3ccccc32)C1. The molecule has 3 heterocycles. The van der Waals surface area contributed by atoms with Gasteiger partial charge in [-0.25, -0.2) is 15.0 Å². The quantitative estimate of drug-likeness (QED) is 0.692. The van der Waals surface area contributed by atoms with Crippen molar-refractivity contribution in [3.8, 4) is 11.8 Å². The van der Waals surface area contributed by atoms with Gasteiger partial charge < -0.3 is 18.9 Å². The first kappa shape index (κ1) is 16.3. The highest BCUT2D eigenvalue weighted by Gasteiger charge is 2.29. The van der Waals surface area contributed by atoms with E-state index in [4.69, 9.17) is 9.47 Å². The average molecular weight is 353 g/mol. The molecule has 0 saturated carbocycles. The summed E-state index contributed by atoms with van der Waals surface area (Å²) in [6.07, 6.45) is 5.43. The lowest BCUT2D eigenvalue weighted by atomic mass is 10.3. The van der Waals surface area contributed by atoms with Gasteiger partial charge in [-0.05, 0) is 12.1 Å². The second-order valence-electron chi connectivity index (χ2n) is 6.10. The summed E-state index contributed by atoms with van der Waals surface area (Å²) in [6.45, 7) is 1.44. The van der Waals surface area contributed by atoms with Gasteiger partial charge in [-0.3, -0.25) is 4.79 Å². The van der Waals surface area contributed by atoms with E-state index in [1.54, 1.807) is 18.7 Å². The number of amides is 1. The van der Waals surface area contributed by atoms with E-state index >= 15 is 0 Å². The number of hydrogen-bond donors (Lipinski definition) is 0. The van der Waals surface area contributed by atoms with Gasteiger partial charge in [0, 0.05) is 25.4 Å². The highest BCUT2D eigenvalue weighted by molar-refractivity contribution is 5.80. The smallest absolute Gasteiger partial charge is 0.278 e. The lowest BCUT2D eigenvalue weighted by Gasteiger charge is -2.18. The maximum atomic E-state index is 12.6. The zero-order valence-electron chi connectivity index (χ0n) is 14.4. The third kappa shape index (κ3) is 3.17. The largest absolute Gasteiger partial charge is 0.477 e. The Hall–Kier alpha value is -3.16. The van der Waals surface area contributed by atoms with Crippen molar-refractivity contribution in [2.45, 2.75) is 19.1 Å². The monoisotopic (exact) mass is 353 g/mol. The number of carbonyl (C=O) groups is 1. The van der Waals surface area contributed by atoms with Crippen molar-refractivity contribution >= 4 is 16.9 Å². The average Bonchev–Trinajstić information content (AvgIpc) is 3.30. The van der Waals surface area contributed by atoms with Gasteiger partial charge in [0.15, 0.2) is 0 Å². The van der Waals surface area contributed by atoms with Gasteiger partial charge in [-0.2, -0.15) is 0 Å². The molecule has 4 rings (SSSR count). The Balaban J connectivity index is 1.39. The zero-order chi connectivity index (χ0) is 17.9. The van der Waals surface area contributed by atoms with Crippen LogP contribution in [0.2, 0.25) is 0 Å². The van der Waals surface area contributed by atoms with E-state index in [1.165, 1.54) is 7.11 Å². The van der Waals surface area contributed by atoms with Crippen LogP contribution in [0.25, 0.3) is 11.0 Å². The second kappa shape index (κ2) is 6.99. The molecule has 0 N–H and O–H groups in total. The topological polar surface area (TPSA) is 82.4 Å². The minimum absolute atomic E-state index is 0.0466. The van der Waals surface area contributed by atoms with Crippen molar-refractivity contribution in [1.29, 1.82) is 0 Å². The number of methoxy groups -OCH3 is 1. The van der Waals surface area contributed by atoms with Crippen molar-refractivity contribution in [2.24, 2.45) is 0 Å².